The molecule has 0 fully saturated rings. The highest BCUT2D eigenvalue weighted by atomic mass is 16.5. The number of aryl methyl sites for hydroxylation is 1. The van der Waals surface area contributed by atoms with E-state index in [1.165, 1.54) is 16.4 Å². The summed E-state index contributed by atoms with van der Waals surface area (Å²) in [5.74, 6) is -1.07. The molecule has 8 nitrogen and oxygen atoms in total. The summed E-state index contributed by atoms with van der Waals surface area (Å²) in [7, 11) is 0. The number of nitrogens with one attached hydrogen (secondary N) is 1. The molecule has 1 N–H and O–H groups in total. The van der Waals surface area contributed by atoms with E-state index in [1.807, 2.05) is 12.1 Å². The van der Waals surface area contributed by atoms with Gasteiger partial charge in [0, 0.05) is 24.1 Å². The first-order valence-electron chi connectivity index (χ1n) is 9.74. The van der Waals surface area contributed by atoms with Gasteiger partial charge in [0.1, 0.15) is 0 Å². The van der Waals surface area contributed by atoms with E-state index in [9.17, 15) is 14.4 Å². The zero-order valence-corrected chi connectivity index (χ0v) is 17.2. The number of carbonyl (C=O) groups is 2. The number of benzene rings is 2. The Morgan fingerprint density at radius 2 is 1.84 bits per heavy atom. The fourth-order valence-electron chi connectivity index (χ4n) is 3.16. The minimum Gasteiger partial charge on any atom is -0.449 e. The van der Waals surface area contributed by atoms with Crippen molar-refractivity contribution in [1.82, 2.24) is 9.55 Å². The molecule has 1 amide bonds. The molecule has 1 aromatic heterocycles. The van der Waals surface area contributed by atoms with E-state index in [-0.39, 0.29) is 24.2 Å². The number of rotatable bonds is 7. The van der Waals surface area contributed by atoms with Crippen LogP contribution in [0.4, 0.5) is 5.69 Å². The molecule has 0 aliphatic carbocycles. The van der Waals surface area contributed by atoms with Gasteiger partial charge in [-0.2, -0.15) is 5.26 Å². The predicted molar refractivity (Wildman–Crippen MR) is 115 cm³/mol. The van der Waals surface area contributed by atoms with Gasteiger partial charge in [-0.3, -0.25) is 9.36 Å². The first-order chi connectivity index (χ1) is 14.9. The molecule has 3 aromatic rings. The Morgan fingerprint density at radius 1 is 1.16 bits per heavy atom. The van der Waals surface area contributed by atoms with Crippen LogP contribution in [0.2, 0.25) is 0 Å². The summed E-state index contributed by atoms with van der Waals surface area (Å²) in [4.78, 5) is 41.4. The molecule has 0 spiro atoms. The summed E-state index contributed by atoms with van der Waals surface area (Å²) in [5, 5.41) is 8.91. The molecular weight excluding hydrogens is 396 g/mol. The van der Waals surface area contributed by atoms with Gasteiger partial charge in [-0.25, -0.2) is 9.59 Å². The molecule has 0 aliphatic heterocycles. The topological polar surface area (TPSA) is 108 Å². The number of hydrogen-bond acceptors (Lipinski definition) is 5. The number of nitriles is 1. The van der Waals surface area contributed by atoms with E-state index in [0.29, 0.717) is 11.4 Å². The van der Waals surface area contributed by atoms with Crippen molar-refractivity contribution in [2.75, 3.05) is 11.4 Å². The van der Waals surface area contributed by atoms with Crippen LogP contribution in [0.3, 0.4) is 0 Å². The molecule has 31 heavy (non-hydrogen) atoms. The maximum Gasteiger partial charge on any atom is 0.338 e. The van der Waals surface area contributed by atoms with E-state index in [2.05, 4.69) is 4.98 Å². The van der Waals surface area contributed by atoms with Gasteiger partial charge < -0.3 is 14.6 Å². The van der Waals surface area contributed by atoms with Gasteiger partial charge in [0.05, 0.1) is 23.7 Å². The lowest BCUT2D eigenvalue weighted by Crippen LogP contribution is -2.40. The maximum atomic E-state index is 12.9. The van der Waals surface area contributed by atoms with Gasteiger partial charge in [-0.15, -0.1) is 0 Å². The lowest BCUT2D eigenvalue weighted by atomic mass is 10.2. The van der Waals surface area contributed by atoms with Crippen molar-refractivity contribution in [2.24, 2.45) is 0 Å². The third-order valence-corrected chi connectivity index (χ3v) is 4.73. The van der Waals surface area contributed by atoms with Crippen LogP contribution >= 0.6 is 0 Å². The van der Waals surface area contributed by atoms with Gasteiger partial charge in [-0.05, 0) is 50.2 Å². The van der Waals surface area contributed by atoms with E-state index in [4.69, 9.17) is 10.00 Å². The Hall–Kier alpha value is -4.12. The number of anilines is 1. The lowest BCUT2D eigenvalue weighted by molar-refractivity contribution is -0.126. The van der Waals surface area contributed by atoms with E-state index < -0.39 is 18.0 Å². The second kappa shape index (κ2) is 9.59. The van der Waals surface area contributed by atoms with Gasteiger partial charge >= 0.3 is 11.7 Å². The van der Waals surface area contributed by atoms with Crippen molar-refractivity contribution in [3.05, 3.63) is 82.5 Å². The first-order valence-corrected chi connectivity index (χ1v) is 9.74. The zero-order valence-electron chi connectivity index (χ0n) is 17.2. The molecule has 0 bridgehead atoms. The quantitative estimate of drug-likeness (QED) is 0.594. The highest BCUT2D eigenvalue weighted by Crippen LogP contribution is 2.17. The molecule has 0 saturated carbocycles. The number of ether oxygens (including phenoxy) is 1. The number of esters is 1. The standard InChI is InChI=1S/C23H22N4O4/c1-16-15-25-23(30)27(16)20-11-9-18(10-12-20)22(29)31-17(2)21(28)26(14-6-13-24)19-7-4-3-5-8-19/h3-5,7-12,15,17H,6,14H2,1-2H3,(H,25,30). The minimum atomic E-state index is -1.04. The van der Waals surface area contributed by atoms with E-state index >= 15 is 0 Å². The smallest absolute Gasteiger partial charge is 0.338 e. The molecule has 0 saturated heterocycles. The summed E-state index contributed by atoms with van der Waals surface area (Å²) in [6, 6.07) is 17.3. The second-order valence-electron chi connectivity index (χ2n) is 6.90. The number of imidazole rings is 1. The Labute approximate surface area is 179 Å². The number of hydrogen-bond donors (Lipinski definition) is 1. The van der Waals surface area contributed by atoms with Crippen LogP contribution in [-0.4, -0.2) is 34.1 Å². The van der Waals surface area contributed by atoms with Gasteiger partial charge in [0.25, 0.3) is 5.91 Å². The Bertz CT molecular complexity index is 1160. The molecule has 0 radical (unpaired) electrons. The number of amides is 1. The summed E-state index contributed by atoms with van der Waals surface area (Å²) < 4.78 is 6.85. The molecule has 2 aromatic carbocycles. The van der Waals surface area contributed by atoms with E-state index in [1.54, 1.807) is 61.7 Å². The zero-order chi connectivity index (χ0) is 22.4. The summed E-state index contributed by atoms with van der Waals surface area (Å²) in [5.41, 5.74) is 1.95. The highest BCUT2D eigenvalue weighted by molar-refractivity contribution is 5.99. The van der Waals surface area contributed by atoms with Crippen molar-refractivity contribution < 1.29 is 14.3 Å². The van der Waals surface area contributed by atoms with Gasteiger partial charge in [-0.1, -0.05) is 18.2 Å². The van der Waals surface area contributed by atoms with Crippen LogP contribution in [0.5, 0.6) is 0 Å². The number of para-hydroxylation sites is 1. The third-order valence-electron chi connectivity index (χ3n) is 4.73. The Morgan fingerprint density at radius 3 is 2.42 bits per heavy atom. The number of aromatic nitrogens is 2. The monoisotopic (exact) mass is 418 g/mol. The third kappa shape index (κ3) is 4.90. The Balaban J connectivity index is 1.72. The van der Waals surface area contributed by atoms with Crippen LogP contribution in [0.1, 0.15) is 29.4 Å². The highest BCUT2D eigenvalue weighted by Gasteiger charge is 2.25. The van der Waals surface area contributed by atoms with Crippen molar-refractivity contribution in [3.8, 4) is 11.8 Å². The van der Waals surface area contributed by atoms with Crippen LogP contribution in [0, 0.1) is 18.3 Å². The largest absolute Gasteiger partial charge is 0.449 e. The maximum absolute atomic E-state index is 12.9. The van der Waals surface area contributed by atoms with Crippen LogP contribution < -0.4 is 10.6 Å². The molecule has 1 unspecified atom stereocenters. The summed E-state index contributed by atoms with van der Waals surface area (Å²) in [6.45, 7) is 3.48. The van der Waals surface area contributed by atoms with Crippen molar-refractivity contribution in [3.63, 3.8) is 0 Å². The number of carbonyl (C=O) groups excluding carboxylic acids is 2. The second-order valence-corrected chi connectivity index (χ2v) is 6.90. The number of aromatic amines is 1. The molecule has 3 rings (SSSR count). The first kappa shape index (κ1) is 21.6. The van der Waals surface area contributed by atoms with Gasteiger partial charge in [0.15, 0.2) is 6.10 Å². The van der Waals surface area contributed by atoms with E-state index in [0.717, 1.165) is 5.69 Å². The molecule has 1 atom stereocenters. The molecule has 0 aliphatic rings. The fraction of sp³-hybridized carbons (Fsp3) is 0.217. The normalized spacial score (nSPS) is 11.4. The fourth-order valence-corrected chi connectivity index (χ4v) is 3.16. The molecular formula is C23H22N4O4. The van der Waals surface area contributed by atoms with Gasteiger partial charge in [0.2, 0.25) is 0 Å². The average molecular weight is 418 g/mol. The van der Waals surface area contributed by atoms with Crippen LogP contribution in [0.15, 0.2) is 65.6 Å². The van der Waals surface area contributed by atoms with Crippen molar-refractivity contribution in [2.45, 2.75) is 26.4 Å². The number of nitrogens with zero attached hydrogens (tertiary/aromatic N) is 3. The summed E-state index contributed by atoms with van der Waals surface area (Å²) >= 11 is 0. The average Bonchev–Trinajstić information content (AvgIpc) is 3.12. The summed E-state index contributed by atoms with van der Waals surface area (Å²) in [6.07, 6.45) is 0.712. The Kier molecular flexibility index (Phi) is 6.67. The molecule has 158 valence electrons. The molecule has 1 heterocycles. The predicted octanol–water partition coefficient (Wildman–Crippen LogP) is 2.97. The minimum absolute atomic E-state index is 0.153. The lowest BCUT2D eigenvalue weighted by Gasteiger charge is -2.25. The SMILES string of the molecule is Cc1c[nH]c(=O)n1-c1ccc(C(=O)OC(C)C(=O)N(CCC#N)c2ccccc2)cc1. The van der Waals surface area contributed by atoms with Crippen LogP contribution in [0.25, 0.3) is 5.69 Å². The van der Waals surface area contributed by atoms with Crippen LogP contribution in [-0.2, 0) is 9.53 Å². The van der Waals surface area contributed by atoms with Crippen molar-refractivity contribution in [1.29, 1.82) is 5.26 Å². The van der Waals surface area contributed by atoms with Crippen molar-refractivity contribution >= 4 is 17.6 Å². The number of H-pyrrole nitrogens is 1. The molecule has 8 heteroatoms.